The first-order valence-corrected chi connectivity index (χ1v) is 10.4. The van der Waals surface area contributed by atoms with Crippen molar-refractivity contribution >= 4 is 23.1 Å². The van der Waals surface area contributed by atoms with E-state index >= 15 is 0 Å². The molecule has 162 valence electrons. The first-order valence-electron chi connectivity index (χ1n) is 10.4. The van der Waals surface area contributed by atoms with Crippen LogP contribution in [0, 0.1) is 11.8 Å². The van der Waals surface area contributed by atoms with Crippen LogP contribution in [-0.4, -0.2) is 30.6 Å². The average molecular weight is 422 g/mol. The molecule has 2 aromatic carbocycles. The highest BCUT2D eigenvalue weighted by Crippen LogP contribution is 2.44. The molecule has 0 saturated heterocycles. The molecule has 2 aliphatic rings. The van der Waals surface area contributed by atoms with E-state index in [-0.39, 0.29) is 17.5 Å². The maximum absolute atomic E-state index is 13.6. The number of hydrogen-bond donors (Lipinski definition) is 3. The van der Waals surface area contributed by atoms with Crippen LogP contribution in [0.2, 0.25) is 0 Å². The van der Waals surface area contributed by atoms with Crippen LogP contribution in [0.15, 0.2) is 53.7 Å². The molecule has 7 heteroatoms. The topological polar surface area (TPSA) is 96.9 Å². The summed E-state index contributed by atoms with van der Waals surface area (Å²) in [5, 5.41) is 17.0. The lowest BCUT2D eigenvalue weighted by atomic mass is 9.75. The fourth-order valence-electron chi connectivity index (χ4n) is 4.37. The third-order valence-electron chi connectivity index (χ3n) is 5.84. The summed E-state index contributed by atoms with van der Waals surface area (Å²) in [6, 6.07) is 12.2. The van der Waals surface area contributed by atoms with Crippen LogP contribution in [0.3, 0.4) is 0 Å². The molecule has 1 aliphatic heterocycles. The number of aromatic hydroxyl groups is 1. The summed E-state index contributed by atoms with van der Waals surface area (Å²) in [6.45, 7) is 4.12. The summed E-state index contributed by atoms with van der Waals surface area (Å²) >= 11 is 0. The van der Waals surface area contributed by atoms with Gasteiger partial charge in [-0.25, -0.2) is 0 Å². The van der Waals surface area contributed by atoms with Crippen molar-refractivity contribution in [1.29, 1.82) is 0 Å². The molecular formula is C24H26N2O5. The number of anilines is 2. The number of benzene rings is 2. The summed E-state index contributed by atoms with van der Waals surface area (Å²) in [4.78, 5) is 26.1. The molecule has 0 unspecified atom stereocenters. The number of ketones is 1. The fraction of sp³-hybridized carbons (Fsp3) is 0.333. The van der Waals surface area contributed by atoms with Gasteiger partial charge in [0.1, 0.15) is 5.92 Å². The second-order valence-corrected chi connectivity index (χ2v) is 7.85. The highest BCUT2D eigenvalue weighted by Gasteiger charge is 2.44. The van der Waals surface area contributed by atoms with E-state index in [1.165, 1.54) is 7.11 Å². The Bertz CT molecular complexity index is 1060. The van der Waals surface area contributed by atoms with E-state index in [1.54, 1.807) is 18.2 Å². The minimum absolute atomic E-state index is 0.0305. The van der Waals surface area contributed by atoms with Gasteiger partial charge in [-0.15, -0.1) is 0 Å². The van der Waals surface area contributed by atoms with E-state index in [1.807, 2.05) is 38.1 Å². The van der Waals surface area contributed by atoms with Crippen molar-refractivity contribution in [2.45, 2.75) is 26.3 Å². The number of ether oxygens (including phenoxy) is 2. The zero-order valence-electron chi connectivity index (χ0n) is 17.8. The zero-order valence-corrected chi connectivity index (χ0v) is 17.8. The number of nitrogens with one attached hydrogen (secondary N) is 2. The normalized spacial score (nSPS) is 22.4. The number of carbonyl (C=O) groups excluding carboxylic acids is 2. The molecule has 1 heterocycles. The molecule has 0 saturated carbocycles. The molecule has 0 fully saturated rings. The lowest BCUT2D eigenvalue weighted by molar-refractivity contribution is -0.151. The third kappa shape index (κ3) is 3.71. The van der Waals surface area contributed by atoms with Gasteiger partial charge < -0.3 is 25.2 Å². The van der Waals surface area contributed by atoms with Gasteiger partial charge in [0.25, 0.3) is 0 Å². The summed E-state index contributed by atoms with van der Waals surface area (Å²) in [6.07, 6.45) is 0.532. The van der Waals surface area contributed by atoms with Crippen molar-refractivity contribution in [1.82, 2.24) is 0 Å². The van der Waals surface area contributed by atoms with E-state index in [0.29, 0.717) is 24.4 Å². The zero-order chi connectivity index (χ0) is 22.1. The average Bonchev–Trinajstić information content (AvgIpc) is 2.91. The van der Waals surface area contributed by atoms with E-state index in [9.17, 15) is 14.7 Å². The van der Waals surface area contributed by atoms with Gasteiger partial charge in [0, 0.05) is 11.3 Å². The Kier molecular flexibility index (Phi) is 5.59. The van der Waals surface area contributed by atoms with Crippen LogP contribution in [0.5, 0.6) is 11.5 Å². The standard InChI is InChI=1S/C24H26N2O5/c1-4-31-19-12-14(9-10-18(19)27)22-21-17(25-15-7-5-6-8-16(15)26-22)11-13(2)20(23(21)28)24(29)30-3/h5-10,12-13,20,22,25-27H,4,11H2,1-3H3/t13-,20-,22+/m1/s1. The van der Waals surface area contributed by atoms with Crippen LogP contribution in [0.1, 0.15) is 31.9 Å². The van der Waals surface area contributed by atoms with Gasteiger partial charge in [0.15, 0.2) is 17.3 Å². The van der Waals surface area contributed by atoms with Crippen LogP contribution < -0.4 is 15.4 Å². The maximum atomic E-state index is 13.6. The predicted molar refractivity (Wildman–Crippen MR) is 117 cm³/mol. The van der Waals surface area contributed by atoms with E-state index < -0.39 is 17.9 Å². The SMILES string of the molecule is CCOc1cc([C@@H]2Nc3ccccc3NC3=C2C(=O)[C@H](C(=O)OC)[C@H](C)C3)ccc1O. The maximum Gasteiger partial charge on any atom is 0.316 e. The number of phenols is 1. The number of esters is 1. The largest absolute Gasteiger partial charge is 0.504 e. The lowest BCUT2D eigenvalue weighted by Gasteiger charge is -2.32. The van der Waals surface area contributed by atoms with Crippen LogP contribution in [0.4, 0.5) is 11.4 Å². The summed E-state index contributed by atoms with van der Waals surface area (Å²) in [7, 11) is 1.30. The van der Waals surface area contributed by atoms with Gasteiger partial charge >= 0.3 is 5.97 Å². The molecular weight excluding hydrogens is 396 g/mol. The number of methoxy groups -OCH3 is 1. The molecule has 31 heavy (non-hydrogen) atoms. The van der Waals surface area contributed by atoms with Crippen molar-refractivity contribution in [3.63, 3.8) is 0 Å². The van der Waals surface area contributed by atoms with Crippen LogP contribution >= 0.6 is 0 Å². The van der Waals surface area contributed by atoms with Gasteiger partial charge in [0.05, 0.1) is 31.1 Å². The molecule has 2 aromatic rings. The minimum atomic E-state index is -0.862. The van der Waals surface area contributed by atoms with Crippen molar-refractivity contribution in [3.05, 3.63) is 59.3 Å². The molecule has 0 bridgehead atoms. The molecule has 0 aromatic heterocycles. The van der Waals surface area contributed by atoms with Crippen LogP contribution in [-0.2, 0) is 14.3 Å². The highest BCUT2D eigenvalue weighted by atomic mass is 16.5. The monoisotopic (exact) mass is 422 g/mol. The Morgan fingerprint density at radius 1 is 1.19 bits per heavy atom. The molecule has 3 atom stereocenters. The Hall–Kier alpha value is -3.48. The number of carbonyl (C=O) groups is 2. The Balaban J connectivity index is 1.87. The summed E-state index contributed by atoms with van der Waals surface area (Å²) < 4.78 is 10.5. The molecule has 0 spiro atoms. The Morgan fingerprint density at radius 2 is 1.94 bits per heavy atom. The van der Waals surface area contributed by atoms with Gasteiger partial charge in [-0.3, -0.25) is 9.59 Å². The van der Waals surface area contributed by atoms with Gasteiger partial charge in [-0.2, -0.15) is 0 Å². The van der Waals surface area contributed by atoms with Gasteiger partial charge in [0.2, 0.25) is 0 Å². The smallest absolute Gasteiger partial charge is 0.316 e. The number of para-hydroxylation sites is 2. The number of allylic oxidation sites excluding steroid dienone is 1. The molecule has 4 rings (SSSR count). The number of phenolic OH excluding ortho intramolecular Hbond substituents is 1. The molecule has 7 nitrogen and oxygen atoms in total. The van der Waals surface area contributed by atoms with Crippen molar-refractivity contribution in [3.8, 4) is 11.5 Å². The molecule has 1 aliphatic carbocycles. The highest BCUT2D eigenvalue weighted by molar-refractivity contribution is 6.11. The third-order valence-corrected chi connectivity index (χ3v) is 5.84. The second kappa shape index (κ2) is 8.34. The predicted octanol–water partition coefficient (Wildman–Crippen LogP) is 4.02. The number of Topliss-reactive ketones (excluding diaryl/α,β-unsaturated/α-hetero) is 1. The lowest BCUT2D eigenvalue weighted by Crippen LogP contribution is -2.39. The first kappa shape index (κ1) is 20.8. The number of rotatable bonds is 4. The fourth-order valence-corrected chi connectivity index (χ4v) is 4.37. The molecule has 3 N–H and O–H groups in total. The van der Waals surface area contributed by atoms with Crippen LogP contribution in [0.25, 0.3) is 0 Å². The Labute approximate surface area is 181 Å². The summed E-state index contributed by atoms with van der Waals surface area (Å²) in [5.41, 5.74) is 3.73. The minimum Gasteiger partial charge on any atom is -0.504 e. The quantitative estimate of drug-likeness (QED) is 0.506. The van der Waals surface area contributed by atoms with Crippen molar-refractivity contribution in [2.75, 3.05) is 24.4 Å². The Morgan fingerprint density at radius 3 is 2.65 bits per heavy atom. The first-order chi connectivity index (χ1) is 14.9. The second-order valence-electron chi connectivity index (χ2n) is 7.85. The van der Waals surface area contributed by atoms with E-state index in [0.717, 1.165) is 22.6 Å². The van der Waals surface area contributed by atoms with Gasteiger partial charge in [-0.1, -0.05) is 25.1 Å². The van der Waals surface area contributed by atoms with Crippen molar-refractivity contribution in [2.24, 2.45) is 11.8 Å². The van der Waals surface area contributed by atoms with Crippen molar-refractivity contribution < 1.29 is 24.2 Å². The summed E-state index contributed by atoms with van der Waals surface area (Å²) in [5.74, 6) is -1.47. The van der Waals surface area contributed by atoms with E-state index in [2.05, 4.69) is 10.6 Å². The molecule has 0 amide bonds. The number of fused-ring (bicyclic) bond motifs is 1. The molecule has 0 radical (unpaired) electrons. The van der Waals surface area contributed by atoms with Gasteiger partial charge in [-0.05, 0) is 49.1 Å². The number of hydrogen-bond acceptors (Lipinski definition) is 7. The van der Waals surface area contributed by atoms with E-state index in [4.69, 9.17) is 9.47 Å².